The van der Waals surface area contributed by atoms with Crippen molar-refractivity contribution in [2.24, 2.45) is 23.7 Å². The minimum atomic E-state index is -5.87. The van der Waals surface area contributed by atoms with Gasteiger partial charge in [-0.25, -0.2) is 9.59 Å². The maximum Gasteiger partial charge on any atom is 0.490 e. The van der Waals surface area contributed by atoms with Crippen LogP contribution in [0, 0.1) is 23.7 Å². The van der Waals surface area contributed by atoms with Gasteiger partial charge in [0.2, 0.25) is 0 Å². The quantitative estimate of drug-likeness (QED) is 0.158. The maximum atomic E-state index is 13.4. The van der Waals surface area contributed by atoms with Crippen molar-refractivity contribution < 1.29 is 86.2 Å². The minimum absolute atomic E-state index is 0.0773. The van der Waals surface area contributed by atoms with E-state index in [4.69, 9.17) is 14.0 Å². The van der Waals surface area contributed by atoms with E-state index in [-0.39, 0.29) is 12.3 Å². The van der Waals surface area contributed by atoms with Crippen LogP contribution < -0.4 is 0 Å². The van der Waals surface area contributed by atoms with E-state index < -0.39 is 108 Å². The SMILES string of the molecule is O=C(CCC1CC2CCCC(C2)C12OCC(COC(=O)C(F)(F)F)C(COC(=O)C(F)(F)F)O2)OCC(F)(F)S(=O)(=O)O. The van der Waals surface area contributed by atoms with Crippen LogP contribution >= 0.6 is 0 Å². The van der Waals surface area contributed by atoms with Crippen molar-refractivity contribution in [1.82, 2.24) is 0 Å². The van der Waals surface area contributed by atoms with Gasteiger partial charge in [0.25, 0.3) is 0 Å². The van der Waals surface area contributed by atoms with Gasteiger partial charge in [-0.1, -0.05) is 12.8 Å². The second kappa shape index (κ2) is 13.0. The average molecular weight is 665 g/mol. The van der Waals surface area contributed by atoms with Crippen molar-refractivity contribution in [1.29, 1.82) is 0 Å². The second-order valence-corrected chi connectivity index (χ2v) is 12.2. The Labute approximate surface area is 239 Å². The molecule has 0 amide bonds. The van der Waals surface area contributed by atoms with Crippen molar-refractivity contribution in [3.63, 3.8) is 0 Å². The molecule has 6 unspecified atom stereocenters. The lowest BCUT2D eigenvalue weighted by Gasteiger charge is -2.57. The Kier molecular flexibility index (Phi) is 10.6. The van der Waals surface area contributed by atoms with Crippen molar-refractivity contribution >= 4 is 28.0 Å². The molecule has 20 heteroatoms. The molecule has 248 valence electrons. The highest BCUT2D eigenvalue weighted by atomic mass is 32.2. The first-order valence-electron chi connectivity index (χ1n) is 13.0. The lowest BCUT2D eigenvalue weighted by Crippen LogP contribution is -2.62. The molecular weight excluding hydrogens is 636 g/mol. The van der Waals surface area contributed by atoms with E-state index in [1.807, 2.05) is 0 Å². The molecule has 1 spiro atoms. The summed E-state index contributed by atoms with van der Waals surface area (Å²) in [6, 6.07) is 0. The molecule has 3 fully saturated rings. The first kappa shape index (κ1) is 35.2. The molecule has 6 atom stereocenters. The van der Waals surface area contributed by atoms with Crippen LogP contribution in [0.1, 0.15) is 44.9 Å². The number of hydrogen-bond donors (Lipinski definition) is 1. The number of ether oxygens (including phenoxy) is 5. The van der Waals surface area contributed by atoms with Gasteiger partial charge in [0.15, 0.2) is 12.4 Å². The summed E-state index contributed by atoms with van der Waals surface area (Å²) in [5, 5.41) is -4.77. The molecule has 2 saturated carbocycles. The standard InChI is InChI=1S/C23H28F8O11S/c24-20(25,43(35,36)37)11-40-17(32)5-4-15-7-12-2-1-3-14(6-12)21(15)41-9-13(8-38-18(33)22(26,27)28)16(42-21)10-39-19(34)23(29,30)31/h12-16H,1-11H2,(H,35,36,37). The summed E-state index contributed by atoms with van der Waals surface area (Å²) in [6.07, 6.45) is -10.4. The van der Waals surface area contributed by atoms with Crippen LogP contribution in [0.5, 0.6) is 0 Å². The van der Waals surface area contributed by atoms with Crippen LogP contribution in [-0.4, -0.2) is 86.8 Å². The number of fused-ring (bicyclic) bond motifs is 3. The van der Waals surface area contributed by atoms with Crippen molar-refractivity contribution in [3.8, 4) is 0 Å². The Morgan fingerprint density at radius 1 is 0.884 bits per heavy atom. The van der Waals surface area contributed by atoms with Gasteiger partial charge in [-0.3, -0.25) is 9.35 Å². The van der Waals surface area contributed by atoms with E-state index >= 15 is 0 Å². The Bertz CT molecular complexity index is 1140. The number of halogens is 8. The summed E-state index contributed by atoms with van der Waals surface area (Å²) < 4.78 is 158. The predicted octanol–water partition coefficient (Wildman–Crippen LogP) is 3.56. The van der Waals surface area contributed by atoms with Gasteiger partial charge >= 0.3 is 45.6 Å². The third-order valence-corrected chi connectivity index (χ3v) is 8.54. The van der Waals surface area contributed by atoms with E-state index in [1.54, 1.807) is 0 Å². The molecule has 1 heterocycles. The van der Waals surface area contributed by atoms with E-state index in [1.165, 1.54) is 0 Å². The molecule has 0 radical (unpaired) electrons. The van der Waals surface area contributed by atoms with Crippen LogP contribution in [0.25, 0.3) is 0 Å². The van der Waals surface area contributed by atoms with Crippen molar-refractivity contribution in [2.45, 2.75) is 74.4 Å². The summed E-state index contributed by atoms with van der Waals surface area (Å²) in [7, 11) is -5.87. The van der Waals surface area contributed by atoms with Crippen molar-refractivity contribution in [3.05, 3.63) is 0 Å². The highest BCUT2D eigenvalue weighted by Crippen LogP contribution is 2.54. The number of hydrogen-bond acceptors (Lipinski definition) is 10. The number of rotatable bonds is 10. The van der Waals surface area contributed by atoms with E-state index in [9.17, 15) is 57.9 Å². The molecule has 0 aromatic rings. The van der Waals surface area contributed by atoms with Gasteiger partial charge in [-0.2, -0.15) is 43.5 Å². The van der Waals surface area contributed by atoms with Gasteiger partial charge in [0.05, 0.1) is 13.2 Å². The van der Waals surface area contributed by atoms with E-state index in [0.717, 1.165) is 6.42 Å². The summed E-state index contributed by atoms with van der Waals surface area (Å²) in [4.78, 5) is 34.8. The highest BCUT2D eigenvalue weighted by Gasteiger charge is 2.58. The fourth-order valence-electron chi connectivity index (χ4n) is 5.66. The molecule has 1 N–H and O–H groups in total. The lowest BCUT2D eigenvalue weighted by atomic mass is 9.62. The monoisotopic (exact) mass is 664 g/mol. The summed E-state index contributed by atoms with van der Waals surface area (Å²) in [5.74, 6) is -10.5. The number of esters is 3. The van der Waals surface area contributed by atoms with Crippen LogP contribution in [0.15, 0.2) is 0 Å². The Morgan fingerprint density at radius 3 is 2.07 bits per heavy atom. The molecule has 43 heavy (non-hydrogen) atoms. The third-order valence-electron chi connectivity index (χ3n) is 7.67. The van der Waals surface area contributed by atoms with E-state index in [0.29, 0.717) is 25.7 Å². The third kappa shape index (κ3) is 8.65. The molecule has 0 aromatic carbocycles. The smallest absolute Gasteiger partial charge is 0.459 e. The first-order chi connectivity index (χ1) is 19.7. The molecule has 0 aromatic heterocycles. The van der Waals surface area contributed by atoms with E-state index in [2.05, 4.69) is 14.2 Å². The molecule has 3 rings (SSSR count). The Balaban J connectivity index is 1.79. The van der Waals surface area contributed by atoms with Crippen molar-refractivity contribution in [2.75, 3.05) is 26.4 Å². The molecule has 3 aliphatic rings. The molecule has 1 aliphatic heterocycles. The summed E-state index contributed by atoms with van der Waals surface area (Å²) in [6.45, 7) is -4.60. The maximum absolute atomic E-state index is 13.4. The Hall–Kier alpha value is -2.32. The van der Waals surface area contributed by atoms with Gasteiger partial charge in [-0.05, 0) is 31.6 Å². The van der Waals surface area contributed by atoms with Crippen LogP contribution in [0.2, 0.25) is 0 Å². The van der Waals surface area contributed by atoms with Crippen LogP contribution in [0.3, 0.4) is 0 Å². The second-order valence-electron chi connectivity index (χ2n) is 10.6. The zero-order valence-electron chi connectivity index (χ0n) is 22.1. The normalized spacial score (nSPS) is 30.0. The minimum Gasteiger partial charge on any atom is -0.459 e. The predicted molar refractivity (Wildman–Crippen MR) is 121 cm³/mol. The molecule has 2 bridgehead atoms. The van der Waals surface area contributed by atoms with Gasteiger partial charge in [-0.15, -0.1) is 0 Å². The van der Waals surface area contributed by atoms with Gasteiger partial charge in [0, 0.05) is 24.2 Å². The van der Waals surface area contributed by atoms with Gasteiger partial charge < -0.3 is 23.7 Å². The highest BCUT2D eigenvalue weighted by molar-refractivity contribution is 7.86. The molecular formula is C23H28F8O11S. The number of carbonyl (C=O) groups is 3. The lowest BCUT2D eigenvalue weighted by molar-refractivity contribution is -0.378. The summed E-state index contributed by atoms with van der Waals surface area (Å²) >= 11 is 0. The fourth-order valence-corrected chi connectivity index (χ4v) is 5.87. The largest absolute Gasteiger partial charge is 0.490 e. The molecule has 11 nitrogen and oxygen atoms in total. The molecule has 1 saturated heterocycles. The first-order valence-corrected chi connectivity index (χ1v) is 14.4. The van der Waals surface area contributed by atoms with Crippen LogP contribution in [-0.2, 0) is 48.2 Å². The fraction of sp³-hybridized carbons (Fsp3) is 0.870. The number of alkyl halides is 8. The zero-order chi connectivity index (χ0) is 32.4. The topological polar surface area (TPSA) is 152 Å². The Morgan fingerprint density at radius 2 is 1.49 bits per heavy atom. The van der Waals surface area contributed by atoms with Gasteiger partial charge in [0.1, 0.15) is 12.7 Å². The molecule has 2 aliphatic carbocycles. The summed E-state index contributed by atoms with van der Waals surface area (Å²) in [5.41, 5.74) is 0. The number of carbonyl (C=O) groups excluding carboxylic acids is 3. The van der Waals surface area contributed by atoms with Crippen LogP contribution in [0.4, 0.5) is 35.1 Å². The zero-order valence-corrected chi connectivity index (χ0v) is 22.9. The average Bonchev–Trinajstić information content (AvgIpc) is 2.89.